The molecule has 0 saturated heterocycles. The van der Waals surface area contributed by atoms with Crippen molar-refractivity contribution in [2.24, 2.45) is 0 Å². The Labute approximate surface area is 137 Å². The summed E-state index contributed by atoms with van der Waals surface area (Å²) in [6.45, 7) is 0. The van der Waals surface area contributed by atoms with Crippen molar-refractivity contribution in [3.63, 3.8) is 0 Å². The van der Waals surface area contributed by atoms with Crippen LogP contribution in [0.5, 0.6) is 0 Å². The van der Waals surface area contributed by atoms with Gasteiger partial charge in [0.25, 0.3) is 0 Å². The van der Waals surface area contributed by atoms with Crippen molar-refractivity contribution in [3.05, 3.63) is 83.9 Å². The third-order valence-electron chi connectivity index (χ3n) is 2.76. The monoisotopic (exact) mass is 324 g/mol. The van der Waals surface area contributed by atoms with Crippen molar-refractivity contribution in [3.8, 4) is 0 Å². The van der Waals surface area contributed by atoms with E-state index in [-0.39, 0.29) is 0 Å². The Bertz CT molecular complexity index is 712. The van der Waals surface area contributed by atoms with Crippen LogP contribution in [0.3, 0.4) is 0 Å². The van der Waals surface area contributed by atoms with Gasteiger partial charge in [0.2, 0.25) is 0 Å². The molecule has 0 saturated carbocycles. The highest BCUT2D eigenvalue weighted by Gasteiger charge is 2.13. The summed E-state index contributed by atoms with van der Waals surface area (Å²) in [6, 6.07) is 16.8. The fourth-order valence-electron chi connectivity index (χ4n) is 1.65. The summed E-state index contributed by atoms with van der Waals surface area (Å²) in [7, 11) is 0. The summed E-state index contributed by atoms with van der Waals surface area (Å²) in [6.07, 6.45) is 2.17. The minimum absolute atomic E-state index is 0.358. The minimum atomic E-state index is -0.639. The molecule has 0 atom stereocenters. The second-order valence-electron chi connectivity index (χ2n) is 4.48. The van der Waals surface area contributed by atoms with Crippen LogP contribution in [0.15, 0.2) is 72.8 Å². The fraction of sp³-hybridized carbons (Fsp3) is 0. The van der Waals surface area contributed by atoms with Crippen LogP contribution in [-0.4, -0.2) is 23.9 Å². The van der Waals surface area contributed by atoms with Crippen molar-refractivity contribution in [1.82, 2.24) is 0 Å². The molecular formula is C18H12O6. The Morgan fingerprint density at radius 1 is 0.667 bits per heavy atom. The van der Waals surface area contributed by atoms with Crippen molar-refractivity contribution >= 4 is 23.9 Å². The molecule has 6 nitrogen and oxygen atoms in total. The van der Waals surface area contributed by atoms with Gasteiger partial charge in [-0.3, -0.25) is 0 Å². The van der Waals surface area contributed by atoms with E-state index in [1.165, 1.54) is 0 Å². The van der Waals surface area contributed by atoms with Gasteiger partial charge in [-0.15, -0.1) is 0 Å². The molecule has 0 amide bonds. The van der Waals surface area contributed by atoms with E-state index in [0.717, 1.165) is 12.2 Å². The van der Waals surface area contributed by atoms with E-state index in [0.29, 0.717) is 11.1 Å². The molecule has 1 aliphatic rings. The van der Waals surface area contributed by atoms with Crippen molar-refractivity contribution in [2.45, 2.75) is 0 Å². The van der Waals surface area contributed by atoms with E-state index in [9.17, 15) is 19.2 Å². The largest absolute Gasteiger partial charge is 0.387 e. The Morgan fingerprint density at radius 3 is 1.33 bits per heavy atom. The molecule has 0 spiro atoms. The van der Waals surface area contributed by atoms with Gasteiger partial charge in [-0.1, -0.05) is 36.4 Å². The molecule has 0 aromatic heterocycles. The van der Waals surface area contributed by atoms with Crippen LogP contribution in [-0.2, 0) is 19.1 Å². The van der Waals surface area contributed by atoms with Gasteiger partial charge in [0.15, 0.2) is 0 Å². The van der Waals surface area contributed by atoms with E-state index in [4.69, 9.17) is 4.74 Å². The number of ether oxygens (including phenoxy) is 2. The first-order valence-electron chi connectivity index (χ1n) is 6.87. The molecule has 0 aliphatic carbocycles. The lowest BCUT2D eigenvalue weighted by Crippen LogP contribution is -2.12. The summed E-state index contributed by atoms with van der Waals surface area (Å²) in [4.78, 5) is 43.0. The van der Waals surface area contributed by atoms with Gasteiger partial charge in [0.05, 0.1) is 11.1 Å². The van der Waals surface area contributed by atoms with Crippen molar-refractivity contribution < 1.29 is 28.7 Å². The van der Waals surface area contributed by atoms with Gasteiger partial charge in [0.1, 0.15) is 0 Å². The number of hydrogen-bond acceptors (Lipinski definition) is 6. The standard InChI is InChI=1S/C14H10O3.C4H2O3/c15-13(11-7-3-1-4-8-11)17-14(16)12-9-5-2-6-10-12;5-3-1-2-4(6)7-3/h1-10H;1-2H. The number of carbonyl (C=O) groups excluding carboxylic acids is 4. The Hall–Kier alpha value is -3.54. The molecule has 1 aliphatic heterocycles. The number of esters is 4. The maximum Gasteiger partial charge on any atom is 0.346 e. The Kier molecular flexibility index (Phi) is 5.74. The summed E-state index contributed by atoms with van der Waals surface area (Å²) in [5, 5.41) is 0. The predicted molar refractivity (Wildman–Crippen MR) is 82.9 cm³/mol. The molecule has 2 aromatic carbocycles. The first-order valence-corrected chi connectivity index (χ1v) is 6.87. The second-order valence-corrected chi connectivity index (χ2v) is 4.48. The maximum atomic E-state index is 11.6. The molecule has 0 fully saturated rings. The van der Waals surface area contributed by atoms with E-state index >= 15 is 0 Å². The molecule has 0 bridgehead atoms. The smallest absolute Gasteiger partial charge is 0.346 e. The van der Waals surface area contributed by atoms with Crippen LogP contribution in [0, 0.1) is 0 Å². The zero-order valence-corrected chi connectivity index (χ0v) is 12.4. The fourth-order valence-corrected chi connectivity index (χ4v) is 1.65. The summed E-state index contributed by atoms with van der Waals surface area (Å²) in [5.41, 5.74) is 0.716. The highest BCUT2D eigenvalue weighted by molar-refractivity contribution is 6.05. The number of benzene rings is 2. The van der Waals surface area contributed by atoms with Crippen molar-refractivity contribution in [1.29, 1.82) is 0 Å². The van der Waals surface area contributed by atoms with E-state index in [1.54, 1.807) is 60.7 Å². The average Bonchev–Trinajstić information content (AvgIpc) is 3.00. The molecule has 1 heterocycles. The van der Waals surface area contributed by atoms with Gasteiger partial charge in [-0.2, -0.15) is 0 Å². The van der Waals surface area contributed by atoms with Crippen LogP contribution in [0.4, 0.5) is 0 Å². The summed E-state index contributed by atoms with van der Waals surface area (Å²) in [5.74, 6) is -2.44. The minimum Gasteiger partial charge on any atom is -0.387 e. The van der Waals surface area contributed by atoms with E-state index in [2.05, 4.69) is 4.74 Å². The molecular weight excluding hydrogens is 312 g/mol. The lowest BCUT2D eigenvalue weighted by atomic mass is 10.2. The van der Waals surface area contributed by atoms with Gasteiger partial charge in [-0.05, 0) is 24.3 Å². The second kappa shape index (κ2) is 8.19. The van der Waals surface area contributed by atoms with E-state index in [1.807, 2.05) is 0 Å². The number of cyclic esters (lactones) is 2. The molecule has 0 radical (unpaired) electrons. The van der Waals surface area contributed by atoms with Crippen LogP contribution in [0.1, 0.15) is 20.7 Å². The predicted octanol–water partition coefficient (Wildman–Crippen LogP) is 2.31. The summed E-state index contributed by atoms with van der Waals surface area (Å²) >= 11 is 0. The zero-order chi connectivity index (χ0) is 17.4. The van der Waals surface area contributed by atoms with Gasteiger partial charge in [0, 0.05) is 12.2 Å². The number of rotatable bonds is 2. The van der Waals surface area contributed by atoms with Crippen LogP contribution in [0.25, 0.3) is 0 Å². The van der Waals surface area contributed by atoms with E-state index < -0.39 is 23.9 Å². The SMILES string of the molecule is O=C(OC(=O)c1ccccc1)c1ccccc1.O=C1C=CC(=O)O1. The first-order chi connectivity index (χ1) is 11.6. The highest BCUT2D eigenvalue weighted by Crippen LogP contribution is 2.06. The Balaban J connectivity index is 0.000000249. The summed E-state index contributed by atoms with van der Waals surface area (Å²) < 4.78 is 8.72. The highest BCUT2D eigenvalue weighted by atomic mass is 16.6. The maximum absolute atomic E-state index is 11.6. The first kappa shape index (κ1) is 16.8. The molecule has 120 valence electrons. The van der Waals surface area contributed by atoms with Crippen LogP contribution < -0.4 is 0 Å². The molecule has 0 N–H and O–H groups in total. The average molecular weight is 324 g/mol. The molecule has 6 heteroatoms. The van der Waals surface area contributed by atoms with Crippen LogP contribution >= 0.6 is 0 Å². The normalized spacial score (nSPS) is 12.0. The molecule has 2 aromatic rings. The lowest BCUT2D eigenvalue weighted by Gasteiger charge is -2.02. The number of hydrogen-bond donors (Lipinski definition) is 0. The lowest BCUT2D eigenvalue weighted by molar-refractivity contribution is -0.150. The van der Waals surface area contributed by atoms with Crippen molar-refractivity contribution in [2.75, 3.05) is 0 Å². The van der Waals surface area contributed by atoms with Crippen LogP contribution in [0.2, 0.25) is 0 Å². The molecule has 3 rings (SSSR count). The van der Waals surface area contributed by atoms with Gasteiger partial charge >= 0.3 is 23.9 Å². The topological polar surface area (TPSA) is 86.7 Å². The molecule has 0 unspecified atom stereocenters. The Morgan fingerprint density at radius 2 is 1.04 bits per heavy atom. The number of carbonyl (C=O) groups is 4. The molecule has 24 heavy (non-hydrogen) atoms. The van der Waals surface area contributed by atoms with Gasteiger partial charge in [-0.25, -0.2) is 19.2 Å². The van der Waals surface area contributed by atoms with Gasteiger partial charge < -0.3 is 9.47 Å². The quantitative estimate of drug-likeness (QED) is 0.622. The third-order valence-corrected chi connectivity index (χ3v) is 2.76. The third kappa shape index (κ3) is 5.03. The zero-order valence-electron chi connectivity index (χ0n) is 12.4.